The minimum absolute atomic E-state index is 0.246. The maximum absolute atomic E-state index is 10.9. The summed E-state index contributed by atoms with van der Waals surface area (Å²) < 4.78 is 6.51. The highest BCUT2D eigenvalue weighted by molar-refractivity contribution is 14.1. The highest BCUT2D eigenvalue weighted by atomic mass is 127. The molecule has 0 heterocycles. The third-order valence-electron chi connectivity index (χ3n) is 2.35. The first-order valence-corrected chi connectivity index (χ1v) is 5.90. The summed E-state index contributed by atoms with van der Waals surface area (Å²) in [4.78, 5) is 10.9. The van der Waals surface area contributed by atoms with E-state index in [9.17, 15) is 4.79 Å². The summed E-state index contributed by atoms with van der Waals surface area (Å²) in [7, 11) is 0. The van der Waals surface area contributed by atoms with E-state index in [1.54, 1.807) is 18.2 Å². The summed E-state index contributed by atoms with van der Waals surface area (Å²) >= 11 is 2.15. The molecule has 0 radical (unpaired) electrons. The van der Waals surface area contributed by atoms with Crippen molar-refractivity contribution in [3.63, 3.8) is 0 Å². The van der Waals surface area contributed by atoms with Gasteiger partial charge in [-0.1, -0.05) is 0 Å². The zero-order valence-corrected chi connectivity index (χ0v) is 10.2. The van der Waals surface area contributed by atoms with Gasteiger partial charge in [0.2, 0.25) is 0 Å². The van der Waals surface area contributed by atoms with Crippen LogP contribution in [0.25, 0.3) is 0 Å². The molecule has 80 valence electrons. The smallest absolute Gasteiger partial charge is 0.339 e. The van der Waals surface area contributed by atoms with Crippen LogP contribution in [0.2, 0.25) is 0 Å². The van der Waals surface area contributed by atoms with Crippen LogP contribution in [0, 0.1) is 9.49 Å². The van der Waals surface area contributed by atoms with Crippen LogP contribution in [0.15, 0.2) is 18.2 Å². The number of hydrogen-bond donors (Lipinski definition) is 1. The average molecular weight is 318 g/mol. The normalized spacial score (nSPS) is 15.0. The molecule has 1 aromatic carbocycles. The van der Waals surface area contributed by atoms with E-state index in [4.69, 9.17) is 9.84 Å². The molecule has 1 aliphatic rings. The molecule has 0 amide bonds. The van der Waals surface area contributed by atoms with Crippen molar-refractivity contribution >= 4 is 28.6 Å². The largest absolute Gasteiger partial charge is 0.492 e. The monoisotopic (exact) mass is 318 g/mol. The van der Waals surface area contributed by atoms with E-state index in [0.717, 1.165) is 3.57 Å². The predicted molar refractivity (Wildman–Crippen MR) is 64.3 cm³/mol. The molecular weight excluding hydrogens is 307 g/mol. The number of aromatic carboxylic acids is 1. The van der Waals surface area contributed by atoms with Gasteiger partial charge in [0.25, 0.3) is 0 Å². The molecule has 0 atom stereocenters. The van der Waals surface area contributed by atoms with Crippen molar-refractivity contribution < 1.29 is 14.6 Å². The molecule has 15 heavy (non-hydrogen) atoms. The van der Waals surface area contributed by atoms with Crippen LogP contribution in [0.3, 0.4) is 0 Å². The van der Waals surface area contributed by atoms with Gasteiger partial charge in [0.05, 0.1) is 6.61 Å². The Balaban J connectivity index is 2.16. The Morgan fingerprint density at radius 3 is 2.87 bits per heavy atom. The number of carboxylic acids is 1. The van der Waals surface area contributed by atoms with E-state index in [1.165, 1.54) is 12.8 Å². The number of carbonyl (C=O) groups is 1. The molecule has 1 aliphatic carbocycles. The number of rotatable bonds is 4. The van der Waals surface area contributed by atoms with Crippen LogP contribution in [0.5, 0.6) is 5.75 Å². The molecule has 2 rings (SSSR count). The third kappa shape index (κ3) is 2.84. The zero-order valence-electron chi connectivity index (χ0n) is 8.07. The third-order valence-corrected chi connectivity index (χ3v) is 3.02. The van der Waals surface area contributed by atoms with Crippen LogP contribution < -0.4 is 4.74 Å². The van der Waals surface area contributed by atoms with Crippen LogP contribution in [0.1, 0.15) is 23.2 Å². The number of ether oxygens (including phenoxy) is 1. The molecule has 0 aromatic heterocycles. The summed E-state index contributed by atoms with van der Waals surface area (Å²) in [6, 6.07) is 5.13. The van der Waals surface area contributed by atoms with Gasteiger partial charge in [-0.15, -0.1) is 0 Å². The standard InChI is InChI=1S/C11H11IO3/c12-8-3-4-9(11(13)14)10(5-8)15-6-7-1-2-7/h3-5,7H,1-2,6H2,(H,13,14). The number of carboxylic acid groups (broad SMARTS) is 1. The Labute approximate surface area is 102 Å². The van der Waals surface area contributed by atoms with E-state index >= 15 is 0 Å². The molecule has 4 heteroatoms. The van der Waals surface area contributed by atoms with E-state index in [0.29, 0.717) is 18.3 Å². The van der Waals surface area contributed by atoms with E-state index in [1.807, 2.05) is 0 Å². The van der Waals surface area contributed by atoms with Gasteiger partial charge in [0, 0.05) is 3.57 Å². The number of halogens is 1. The van der Waals surface area contributed by atoms with Crippen molar-refractivity contribution in [3.05, 3.63) is 27.3 Å². The Hall–Kier alpha value is -0.780. The quantitative estimate of drug-likeness (QED) is 0.869. The zero-order chi connectivity index (χ0) is 10.8. The molecule has 0 unspecified atom stereocenters. The van der Waals surface area contributed by atoms with Crippen molar-refractivity contribution in [1.82, 2.24) is 0 Å². The second-order valence-corrected chi connectivity index (χ2v) is 4.95. The molecular formula is C11H11IO3. The fourth-order valence-electron chi connectivity index (χ4n) is 1.28. The van der Waals surface area contributed by atoms with Crippen molar-refractivity contribution in [2.24, 2.45) is 5.92 Å². The lowest BCUT2D eigenvalue weighted by atomic mass is 10.2. The van der Waals surface area contributed by atoms with Crippen LogP contribution in [-0.2, 0) is 0 Å². The lowest BCUT2D eigenvalue weighted by molar-refractivity contribution is 0.0692. The molecule has 1 saturated carbocycles. The Morgan fingerprint density at radius 2 is 2.27 bits per heavy atom. The summed E-state index contributed by atoms with van der Waals surface area (Å²) in [6.45, 7) is 0.639. The van der Waals surface area contributed by atoms with Gasteiger partial charge in [-0.25, -0.2) is 4.79 Å². The summed E-state index contributed by atoms with van der Waals surface area (Å²) in [5, 5.41) is 8.95. The summed E-state index contributed by atoms with van der Waals surface area (Å²) in [5.41, 5.74) is 0.246. The number of benzene rings is 1. The SMILES string of the molecule is O=C(O)c1ccc(I)cc1OCC1CC1. The van der Waals surface area contributed by atoms with Crippen molar-refractivity contribution in [3.8, 4) is 5.75 Å². The van der Waals surface area contributed by atoms with E-state index in [2.05, 4.69) is 22.6 Å². The molecule has 3 nitrogen and oxygen atoms in total. The fourth-order valence-corrected chi connectivity index (χ4v) is 1.75. The van der Waals surface area contributed by atoms with Gasteiger partial charge >= 0.3 is 5.97 Å². The second-order valence-electron chi connectivity index (χ2n) is 3.70. The highest BCUT2D eigenvalue weighted by Crippen LogP contribution is 2.30. The molecule has 0 saturated heterocycles. The summed E-state index contributed by atoms with van der Waals surface area (Å²) in [6.07, 6.45) is 2.40. The van der Waals surface area contributed by atoms with Gasteiger partial charge in [-0.05, 0) is 59.5 Å². The summed E-state index contributed by atoms with van der Waals surface area (Å²) in [5.74, 6) is 0.183. The first-order valence-electron chi connectivity index (χ1n) is 4.82. The van der Waals surface area contributed by atoms with Gasteiger partial charge in [-0.2, -0.15) is 0 Å². The van der Waals surface area contributed by atoms with E-state index < -0.39 is 5.97 Å². The van der Waals surface area contributed by atoms with Crippen LogP contribution in [0.4, 0.5) is 0 Å². The minimum atomic E-state index is -0.933. The first-order chi connectivity index (χ1) is 7.16. The average Bonchev–Trinajstić information content (AvgIpc) is 2.97. The Kier molecular flexibility index (Phi) is 3.14. The van der Waals surface area contributed by atoms with Crippen LogP contribution in [-0.4, -0.2) is 17.7 Å². The molecule has 0 bridgehead atoms. The Morgan fingerprint density at radius 1 is 1.53 bits per heavy atom. The number of hydrogen-bond acceptors (Lipinski definition) is 2. The second kappa shape index (κ2) is 4.38. The van der Waals surface area contributed by atoms with Gasteiger partial charge in [-0.3, -0.25) is 0 Å². The molecule has 1 aromatic rings. The Bertz CT molecular complexity index is 385. The molecule has 1 fully saturated rings. The maximum atomic E-state index is 10.9. The van der Waals surface area contributed by atoms with Crippen molar-refractivity contribution in [1.29, 1.82) is 0 Å². The van der Waals surface area contributed by atoms with E-state index in [-0.39, 0.29) is 5.56 Å². The van der Waals surface area contributed by atoms with Crippen molar-refractivity contribution in [2.45, 2.75) is 12.8 Å². The lowest BCUT2D eigenvalue weighted by Gasteiger charge is -2.08. The van der Waals surface area contributed by atoms with Crippen LogP contribution >= 0.6 is 22.6 Å². The lowest BCUT2D eigenvalue weighted by Crippen LogP contribution is -2.05. The first kappa shape index (κ1) is 10.7. The molecule has 0 aliphatic heterocycles. The molecule has 0 spiro atoms. The maximum Gasteiger partial charge on any atom is 0.339 e. The minimum Gasteiger partial charge on any atom is -0.492 e. The molecule has 1 N–H and O–H groups in total. The van der Waals surface area contributed by atoms with Crippen molar-refractivity contribution in [2.75, 3.05) is 6.61 Å². The predicted octanol–water partition coefficient (Wildman–Crippen LogP) is 2.78. The van der Waals surface area contributed by atoms with Gasteiger partial charge < -0.3 is 9.84 Å². The van der Waals surface area contributed by atoms with Gasteiger partial charge in [0.1, 0.15) is 11.3 Å². The fraction of sp³-hybridized carbons (Fsp3) is 0.364. The van der Waals surface area contributed by atoms with Gasteiger partial charge in [0.15, 0.2) is 0 Å². The topological polar surface area (TPSA) is 46.5 Å². The highest BCUT2D eigenvalue weighted by Gasteiger charge is 2.23.